The van der Waals surface area contributed by atoms with Crippen LogP contribution in [0.4, 0.5) is 0 Å². The Morgan fingerprint density at radius 3 is 2.97 bits per heavy atom. The Morgan fingerprint density at radius 1 is 1.45 bits per heavy atom. The van der Waals surface area contributed by atoms with Crippen molar-refractivity contribution in [2.24, 2.45) is 11.0 Å². The number of azide groups is 1. The van der Waals surface area contributed by atoms with Gasteiger partial charge in [0, 0.05) is 30.6 Å². The number of hydrogen-bond donors (Lipinski definition) is 0. The Hall–Kier alpha value is -1.83. The van der Waals surface area contributed by atoms with E-state index in [-0.39, 0.29) is 30.2 Å². The number of ether oxygens (including phenoxy) is 1. The van der Waals surface area contributed by atoms with Gasteiger partial charge in [0.2, 0.25) is 5.50 Å². The lowest BCUT2D eigenvalue weighted by molar-refractivity contribution is -0.158. The van der Waals surface area contributed by atoms with Gasteiger partial charge in [0.05, 0.1) is 24.9 Å². The molecule has 160 valence electrons. The third-order valence-electron chi connectivity index (χ3n) is 5.74. The number of furan rings is 1. The van der Waals surface area contributed by atoms with E-state index in [1.54, 1.807) is 12.1 Å². The Morgan fingerprint density at radius 2 is 2.28 bits per heavy atom. The van der Waals surface area contributed by atoms with Crippen LogP contribution in [0.15, 0.2) is 27.9 Å². The lowest BCUT2D eigenvalue weighted by atomic mass is 9.88. The molecular weight excluding hydrogens is 399 g/mol. The molecule has 0 aromatic carbocycles. The van der Waals surface area contributed by atoms with Gasteiger partial charge in [0.1, 0.15) is 0 Å². The van der Waals surface area contributed by atoms with Gasteiger partial charge in [0.15, 0.2) is 0 Å². The molecule has 2 aliphatic rings. The van der Waals surface area contributed by atoms with Gasteiger partial charge in [-0.2, -0.15) is 0 Å². The van der Waals surface area contributed by atoms with Crippen molar-refractivity contribution in [3.8, 4) is 0 Å². The first kappa shape index (κ1) is 21.9. The summed E-state index contributed by atoms with van der Waals surface area (Å²) in [4.78, 5) is 17.8. The minimum atomic E-state index is -3.68. The predicted octanol–water partition coefficient (Wildman–Crippen LogP) is 3.25. The highest BCUT2D eigenvalue weighted by Crippen LogP contribution is 2.52. The second kappa shape index (κ2) is 9.78. The molecule has 0 spiro atoms. The Balaban J connectivity index is 1.70. The molecule has 2 bridgehead atoms. The van der Waals surface area contributed by atoms with Crippen molar-refractivity contribution < 1.29 is 27.6 Å². The van der Waals surface area contributed by atoms with Crippen molar-refractivity contribution in [3.05, 3.63) is 28.8 Å². The van der Waals surface area contributed by atoms with Crippen LogP contribution < -0.4 is 5.50 Å². The zero-order chi connectivity index (χ0) is 20.9. The molecule has 0 radical (unpaired) electrons. The summed E-state index contributed by atoms with van der Waals surface area (Å²) in [6.07, 6.45) is 4.45. The average Bonchev–Trinajstić information content (AvgIpc) is 3.33. The first-order valence-corrected chi connectivity index (χ1v) is 11.3. The summed E-state index contributed by atoms with van der Waals surface area (Å²) in [5.41, 5.74) is 8.41. The smallest absolute Gasteiger partial charge is 0.396 e. The van der Waals surface area contributed by atoms with Gasteiger partial charge in [-0.3, -0.25) is 18.8 Å². The number of esters is 1. The van der Waals surface area contributed by atoms with Crippen LogP contribution >= 0.6 is 7.60 Å². The second-order valence-electron chi connectivity index (χ2n) is 7.33. The normalized spacial score (nSPS) is 28.5. The highest BCUT2D eigenvalue weighted by molar-refractivity contribution is 7.61. The summed E-state index contributed by atoms with van der Waals surface area (Å²) in [6, 6.07) is 3.39. The van der Waals surface area contributed by atoms with Crippen LogP contribution in [0.2, 0.25) is 0 Å². The van der Waals surface area contributed by atoms with Gasteiger partial charge in [-0.25, -0.2) is 0 Å². The molecule has 11 heteroatoms. The highest BCUT2D eigenvalue weighted by atomic mass is 31.2. The van der Waals surface area contributed by atoms with E-state index in [0.717, 1.165) is 12.8 Å². The maximum Gasteiger partial charge on any atom is 0.396 e. The number of piperidine rings is 1. The minimum absolute atomic E-state index is 0.0312. The van der Waals surface area contributed by atoms with E-state index in [9.17, 15) is 9.36 Å². The lowest BCUT2D eigenvalue weighted by Gasteiger charge is -2.41. The van der Waals surface area contributed by atoms with E-state index in [1.165, 1.54) is 13.4 Å². The standard InChI is InChI=1S/C18H27N4O6P/c1-22-13-7-8-14(22)17(18(23)27-10-4-3-9-20-21-19)15(12-13)28-29(24,25-2)16-6-5-11-26-16/h5-6,11,13-15,17H,3-4,7-10,12H2,1-2H3/t13?,14?,15-,17+,29-/m0/s1. The molecule has 0 aliphatic carbocycles. The lowest BCUT2D eigenvalue weighted by Crippen LogP contribution is -2.53. The molecule has 5 atom stereocenters. The van der Waals surface area contributed by atoms with Crippen LogP contribution in [-0.2, 0) is 23.1 Å². The maximum atomic E-state index is 13.2. The number of carbonyl (C=O) groups is 1. The SMILES string of the molecule is CO[P@](=O)(O[C@H]1CC2CCC([C@H]1C(=O)OCCCCN=[N+]=[N-])N2C)c1ccco1. The monoisotopic (exact) mass is 426 g/mol. The molecule has 29 heavy (non-hydrogen) atoms. The van der Waals surface area contributed by atoms with E-state index >= 15 is 0 Å². The Labute approximate surface area is 169 Å². The summed E-state index contributed by atoms with van der Waals surface area (Å²) in [5, 5.41) is 3.46. The number of carbonyl (C=O) groups excluding carboxylic acids is 1. The largest absolute Gasteiger partial charge is 0.465 e. The molecule has 3 rings (SSSR count). The van der Waals surface area contributed by atoms with Crippen LogP contribution in [0, 0.1) is 5.92 Å². The van der Waals surface area contributed by atoms with Crippen molar-refractivity contribution >= 4 is 19.1 Å². The zero-order valence-corrected chi connectivity index (χ0v) is 17.6. The van der Waals surface area contributed by atoms with Crippen molar-refractivity contribution in [1.29, 1.82) is 0 Å². The molecule has 10 nitrogen and oxygen atoms in total. The quantitative estimate of drug-likeness (QED) is 0.140. The third kappa shape index (κ3) is 4.85. The number of rotatable bonds is 10. The molecular formula is C18H27N4O6P. The Kier molecular flexibility index (Phi) is 7.38. The summed E-state index contributed by atoms with van der Waals surface area (Å²) in [6.45, 7) is 0.611. The number of fused-ring (bicyclic) bond motifs is 2. The highest BCUT2D eigenvalue weighted by Gasteiger charge is 2.52. The number of nitrogens with zero attached hydrogens (tertiary/aromatic N) is 4. The van der Waals surface area contributed by atoms with E-state index in [0.29, 0.717) is 25.8 Å². The van der Waals surface area contributed by atoms with E-state index in [4.69, 9.17) is 23.7 Å². The predicted molar refractivity (Wildman–Crippen MR) is 105 cm³/mol. The van der Waals surface area contributed by atoms with E-state index in [2.05, 4.69) is 14.9 Å². The molecule has 3 heterocycles. The van der Waals surface area contributed by atoms with Gasteiger partial charge in [-0.15, -0.1) is 0 Å². The second-order valence-corrected chi connectivity index (χ2v) is 9.34. The topological polar surface area (TPSA) is 127 Å². The molecule has 0 N–H and O–H groups in total. The first-order valence-electron chi connectivity index (χ1n) is 9.78. The van der Waals surface area contributed by atoms with Crippen molar-refractivity contribution in [1.82, 2.24) is 4.90 Å². The van der Waals surface area contributed by atoms with E-state index < -0.39 is 19.6 Å². The zero-order valence-electron chi connectivity index (χ0n) is 16.7. The molecule has 0 amide bonds. The van der Waals surface area contributed by atoms with Crippen LogP contribution in [0.5, 0.6) is 0 Å². The average molecular weight is 426 g/mol. The summed E-state index contributed by atoms with van der Waals surface area (Å²) < 4.78 is 35.1. The fraction of sp³-hybridized carbons (Fsp3) is 0.722. The molecule has 2 fully saturated rings. The van der Waals surface area contributed by atoms with Gasteiger partial charge >= 0.3 is 13.6 Å². The van der Waals surface area contributed by atoms with Crippen LogP contribution in [0.3, 0.4) is 0 Å². The van der Waals surface area contributed by atoms with Crippen LogP contribution in [0.25, 0.3) is 10.4 Å². The van der Waals surface area contributed by atoms with E-state index in [1.807, 2.05) is 7.05 Å². The van der Waals surface area contributed by atoms with Gasteiger partial charge in [-0.05, 0) is 56.8 Å². The van der Waals surface area contributed by atoms with Crippen molar-refractivity contribution in [2.75, 3.05) is 27.3 Å². The summed E-state index contributed by atoms with van der Waals surface area (Å²) in [7, 11) is -0.368. The number of hydrogen-bond acceptors (Lipinski definition) is 8. The molecule has 1 aromatic rings. The molecule has 2 saturated heterocycles. The fourth-order valence-electron chi connectivity index (χ4n) is 4.23. The first-order chi connectivity index (χ1) is 14.0. The number of unbranched alkanes of at least 4 members (excludes halogenated alkanes) is 1. The van der Waals surface area contributed by atoms with Gasteiger partial charge in [-0.1, -0.05) is 5.11 Å². The molecule has 2 aliphatic heterocycles. The summed E-state index contributed by atoms with van der Waals surface area (Å²) in [5.74, 6) is -0.924. The van der Waals surface area contributed by atoms with Crippen molar-refractivity contribution in [2.45, 2.75) is 50.3 Å². The molecule has 2 unspecified atom stereocenters. The molecule has 1 aromatic heterocycles. The van der Waals surface area contributed by atoms with Crippen molar-refractivity contribution in [3.63, 3.8) is 0 Å². The summed E-state index contributed by atoms with van der Waals surface area (Å²) >= 11 is 0. The maximum absolute atomic E-state index is 13.2. The van der Waals surface area contributed by atoms with Gasteiger partial charge in [0.25, 0.3) is 0 Å². The minimum Gasteiger partial charge on any atom is -0.465 e. The fourth-order valence-corrected chi connectivity index (χ4v) is 5.63. The van der Waals surface area contributed by atoms with Gasteiger partial charge < -0.3 is 13.7 Å². The third-order valence-corrected chi connectivity index (χ3v) is 7.56. The Bertz CT molecular complexity index is 781. The molecule has 0 saturated carbocycles. The van der Waals surface area contributed by atoms with Crippen LogP contribution in [-0.4, -0.2) is 56.4 Å². The van der Waals surface area contributed by atoms with Crippen LogP contribution in [0.1, 0.15) is 32.1 Å².